The predicted octanol–water partition coefficient (Wildman–Crippen LogP) is 2.02. The molecule has 1 unspecified atom stereocenters. The van der Waals surface area contributed by atoms with Gasteiger partial charge in [-0.2, -0.15) is 0 Å². The smallest absolute Gasteiger partial charge is 0.221 e. The van der Waals surface area contributed by atoms with Crippen LogP contribution in [0.3, 0.4) is 0 Å². The number of carbonyl (C=O) groups is 1. The van der Waals surface area contributed by atoms with E-state index < -0.39 is 0 Å². The Bertz CT molecular complexity index is 428. The van der Waals surface area contributed by atoms with Crippen LogP contribution in [0.2, 0.25) is 0 Å². The van der Waals surface area contributed by atoms with E-state index in [1.807, 2.05) is 31.2 Å². The van der Waals surface area contributed by atoms with Gasteiger partial charge in [-0.1, -0.05) is 18.6 Å². The molecule has 20 heavy (non-hydrogen) atoms. The van der Waals surface area contributed by atoms with Gasteiger partial charge < -0.3 is 15.4 Å². The summed E-state index contributed by atoms with van der Waals surface area (Å²) in [5.41, 5.74) is 1.18. The molecule has 1 aliphatic heterocycles. The number of benzene rings is 1. The fourth-order valence-electron chi connectivity index (χ4n) is 2.46. The van der Waals surface area contributed by atoms with Crippen molar-refractivity contribution in [1.82, 2.24) is 10.6 Å². The van der Waals surface area contributed by atoms with Crippen LogP contribution in [-0.2, 0) is 4.79 Å². The summed E-state index contributed by atoms with van der Waals surface area (Å²) in [5, 5.41) is 6.29. The van der Waals surface area contributed by atoms with Crippen LogP contribution >= 0.6 is 0 Å². The zero-order valence-corrected chi connectivity index (χ0v) is 12.2. The topological polar surface area (TPSA) is 50.4 Å². The van der Waals surface area contributed by atoms with Gasteiger partial charge in [0.2, 0.25) is 5.91 Å². The molecule has 1 saturated heterocycles. The number of aryl methyl sites for hydroxylation is 1. The fourth-order valence-corrected chi connectivity index (χ4v) is 2.46. The van der Waals surface area contributed by atoms with Crippen molar-refractivity contribution in [3.63, 3.8) is 0 Å². The lowest BCUT2D eigenvalue weighted by Crippen LogP contribution is -2.39. The molecule has 4 nitrogen and oxygen atoms in total. The zero-order valence-electron chi connectivity index (χ0n) is 12.2. The molecular formula is C16H24N2O2. The highest BCUT2D eigenvalue weighted by molar-refractivity contribution is 5.76. The molecule has 110 valence electrons. The molecule has 0 aliphatic carbocycles. The number of nitrogens with one attached hydrogen (secondary N) is 2. The molecule has 1 atom stereocenters. The first-order chi connectivity index (χ1) is 9.74. The minimum absolute atomic E-state index is 0.109. The van der Waals surface area contributed by atoms with Crippen LogP contribution in [0.25, 0.3) is 0 Å². The molecule has 2 N–H and O–H groups in total. The standard InChI is InChI=1S/C16H24N2O2/c1-13-5-4-7-15(11-13)20-10-9-18-16(19)12-14-6-2-3-8-17-14/h4-5,7,11,14,17H,2-3,6,8-10,12H2,1H3,(H,18,19). The number of carbonyl (C=O) groups excluding carboxylic acids is 1. The van der Waals surface area contributed by atoms with Crippen molar-refractivity contribution in [2.75, 3.05) is 19.7 Å². The van der Waals surface area contributed by atoms with Gasteiger partial charge in [-0.15, -0.1) is 0 Å². The molecule has 1 aromatic rings. The molecule has 4 heteroatoms. The first-order valence-corrected chi connectivity index (χ1v) is 7.43. The normalized spacial score (nSPS) is 18.6. The highest BCUT2D eigenvalue weighted by atomic mass is 16.5. The van der Waals surface area contributed by atoms with E-state index in [2.05, 4.69) is 10.6 Å². The summed E-state index contributed by atoms with van der Waals surface area (Å²) < 4.78 is 5.60. The van der Waals surface area contributed by atoms with Gasteiger partial charge in [0.05, 0.1) is 6.54 Å². The van der Waals surface area contributed by atoms with E-state index in [1.165, 1.54) is 18.4 Å². The number of hydrogen-bond acceptors (Lipinski definition) is 3. The van der Waals surface area contributed by atoms with E-state index >= 15 is 0 Å². The molecule has 0 bridgehead atoms. The lowest BCUT2D eigenvalue weighted by molar-refractivity contribution is -0.121. The van der Waals surface area contributed by atoms with Crippen molar-refractivity contribution in [2.24, 2.45) is 0 Å². The molecule has 2 rings (SSSR count). The quantitative estimate of drug-likeness (QED) is 0.782. The van der Waals surface area contributed by atoms with Crippen molar-refractivity contribution in [3.05, 3.63) is 29.8 Å². The average molecular weight is 276 g/mol. The molecule has 0 radical (unpaired) electrons. The van der Waals surface area contributed by atoms with E-state index in [1.54, 1.807) is 0 Å². The predicted molar refractivity (Wildman–Crippen MR) is 79.9 cm³/mol. The van der Waals surface area contributed by atoms with E-state index in [0.29, 0.717) is 25.6 Å². The van der Waals surface area contributed by atoms with Crippen LogP contribution in [0.15, 0.2) is 24.3 Å². The van der Waals surface area contributed by atoms with Crippen molar-refractivity contribution in [3.8, 4) is 5.75 Å². The summed E-state index contributed by atoms with van der Waals surface area (Å²) in [6, 6.07) is 8.28. The van der Waals surface area contributed by atoms with E-state index in [9.17, 15) is 4.79 Å². The summed E-state index contributed by atoms with van der Waals surface area (Å²) in [4.78, 5) is 11.8. The Balaban J connectivity index is 1.59. The minimum atomic E-state index is 0.109. The molecule has 0 aromatic heterocycles. The summed E-state index contributed by atoms with van der Waals surface area (Å²) in [7, 11) is 0. The van der Waals surface area contributed by atoms with Crippen LogP contribution in [-0.4, -0.2) is 31.6 Å². The Morgan fingerprint density at radius 3 is 3.10 bits per heavy atom. The van der Waals surface area contributed by atoms with Crippen LogP contribution < -0.4 is 15.4 Å². The summed E-state index contributed by atoms with van der Waals surface area (Å²) in [6.07, 6.45) is 4.13. The van der Waals surface area contributed by atoms with Crippen LogP contribution in [0.1, 0.15) is 31.2 Å². The number of amides is 1. The third-order valence-corrected chi connectivity index (χ3v) is 3.53. The molecular weight excluding hydrogens is 252 g/mol. The average Bonchev–Trinajstić information content (AvgIpc) is 2.45. The van der Waals surface area contributed by atoms with Crippen LogP contribution in [0.5, 0.6) is 5.75 Å². The second kappa shape index (κ2) is 7.90. The second-order valence-electron chi connectivity index (χ2n) is 5.37. The van der Waals surface area contributed by atoms with Gasteiger partial charge >= 0.3 is 0 Å². The van der Waals surface area contributed by atoms with Crippen molar-refractivity contribution < 1.29 is 9.53 Å². The number of piperidine rings is 1. The summed E-state index contributed by atoms with van der Waals surface area (Å²) >= 11 is 0. The Morgan fingerprint density at radius 1 is 1.45 bits per heavy atom. The molecule has 1 aromatic carbocycles. The van der Waals surface area contributed by atoms with Gasteiger partial charge in [-0.05, 0) is 44.0 Å². The van der Waals surface area contributed by atoms with E-state index in [0.717, 1.165) is 18.7 Å². The molecule has 1 fully saturated rings. The monoisotopic (exact) mass is 276 g/mol. The summed E-state index contributed by atoms with van der Waals surface area (Å²) in [6.45, 7) is 4.13. The maximum Gasteiger partial charge on any atom is 0.221 e. The highest BCUT2D eigenvalue weighted by Crippen LogP contribution is 2.12. The lowest BCUT2D eigenvalue weighted by atomic mass is 10.0. The van der Waals surface area contributed by atoms with Crippen molar-refractivity contribution in [1.29, 1.82) is 0 Å². The number of rotatable bonds is 6. The SMILES string of the molecule is Cc1cccc(OCCNC(=O)CC2CCCCN2)c1. The van der Waals surface area contributed by atoms with Gasteiger partial charge in [0.15, 0.2) is 0 Å². The van der Waals surface area contributed by atoms with Crippen molar-refractivity contribution in [2.45, 2.75) is 38.6 Å². The Labute approximate surface area is 120 Å². The fraction of sp³-hybridized carbons (Fsp3) is 0.562. The van der Waals surface area contributed by atoms with E-state index in [4.69, 9.17) is 4.74 Å². The second-order valence-corrected chi connectivity index (χ2v) is 5.37. The van der Waals surface area contributed by atoms with Gasteiger partial charge in [-0.3, -0.25) is 4.79 Å². The number of ether oxygens (including phenoxy) is 1. The van der Waals surface area contributed by atoms with Gasteiger partial charge in [-0.25, -0.2) is 0 Å². The molecule has 1 heterocycles. The summed E-state index contributed by atoms with van der Waals surface area (Å²) in [5.74, 6) is 0.963. The molecule has 0 saturated carbocycles. The minimum Gasteiger partial charge on any atom is -0.492 e. The number of hydrogen-bond donors (Lipinski definition) is 2. The Hall–Kier alpha value is -1.55. The third-order valence-electron chi connectivity index (χ3n) is 3.53. The van der Waals surface area contributed by atoms with E-state index in [-0.39, 0.29) is 5.91 Å². The van der Waals surface area contributed by atoms with Gasteiger partial charge in [0.25, 0.3) is 0 Å². The first kappa shape index (κ1) is 14.9. The van der Waals surface area contributed by atoms with Gasteiger partial charge in [0.1, 0.15) is 12.4 Å². The lowest BCUT2D eigenvalue weighted by Gasteiger charge is -2.22. The maximum atomic E-state index is 11.8. The molecule has 1 aliphatic rings. The Morgan fingerprint density at radius 2 is 2.35 bits per heavy atom. The first-order valence-electron chi connectivity index (χ1n) is 7.43. The van der Waals surface area contributed by atoms with Gasteiger partial charge in [0, 0.05) is 12.5 Å². The molecule has 1 amide bonds. The van der Waals surface area contributed by atoms with Crippen molar-refractivity contribution >= 4 is 5.91 Å². The highest BCUT2D eigenvalue weighted by Gasteiger charge is 2.15. The maximum absolute atomic E-state index is 11.8. The zero-order chi connectivity index (χ0) is 14.2. The third kappa shape index (κ3) is 5.21. The molecule has 0 spiro atoms. The Kier molecular flexibility index (Phi) is 5.87. The largest absolute Gasteiger partial charge is 0.492 e. The van der Waals surface area contributed by atoms with Crippen LogP contribution in [0.4, 0.5) is 0 Å². The van der Waals surface area contributed by atoms with Crippen LogP contribution in [0, 0.1) is 6.92 Å².